The van der Waals surface area contributed by atoms with Gasteiger partial charge in [-0.15, -0.1) is 0 Å². The molecule has 0 aromatic heterocycles. The largest absolute Gasteiger partial charge is 0.395 e. The molecule has 1 aromatic rings. The Morgan fingerprint density at radius 2 is 1.95 bits per heavy atom. The Labute approximate surface area is 133 Å². The molecule has 1 atom stereocenters. The molecule has 2 N–H and O–H groups in total. The number of carbonyl (C=O) groups is 1. The molecule has 1 saturated carbocycles. The van der Waals surface area contributed by atoms with Crippen molar-refractivity contribution in [1.29, 1.82) is 0 Å². The molecule has 1 aliphatic carbocycles. The van der Waals surface area contributed by atoms with Gasteiger partial charge in [-0.3, -0.25) is 9.69 Å². The van der Waals surface area contributed by atoms with Gasteiger partial charge < -0.3 is 10.4 Å². The van der Waals surface area contributed by atoms with Gasteiger partial charge >= 0.3 is 0 Å². The fraction of sp³-hybridized carbons (Fsp3) is 0.611. The fourth-order valence-electron chi connectivity index (χ4n) is 3.32. The van der Waals surface area contributed by atoms with E-state index in [1.54, 1.807) is 0 Å². The van der Waals surface area contributed by atoms with Crippen LogP contribution in [0.5, 0.6) is 0 Å². The van der Waals surface area contributed by atoms with E-state index >= 15 is 0 Å². The molecule has 0 radical (unpaired) electrons. The quantitative estimate of drug-likeness (QED) is 0.813. The second kappa shape index (κ2) is 8.91. The zero-order valence-corrected chi connectivity index (χ0v) is 13.5. The molecular formula is C18H28N2O2. The number of benzene rings is 1. The molecule has 0 spiro atoms. The standard InChI is InChI=1S/C18H28N2O2/c1-20(12-13-21)14-17(22)19-18(15-8-4-2-5-9-15)16-10-6-3-7-11-16/h2,4-5,8-9,16,18,21H,3,6-7,10-14H2,1H3,(H,19,22). The van der Waals surface area contributed by atoms with E-state index in [1.165, 1.54) is 37.7 Å². The number of aliphatic hydroxyl groups excluding tert-OH is 1. The predicted octanol–water partition coefficient (Wildman–Crippen LogP) is 2.35. The predicted molar refractivity (Wildman–Crippen MR) is 88.5 cm³/mol. The molecule has 1 aliphatic rings. The van der Waals surface area contributed by atoms with Crippen LogP contribution in [-0.4, -0.2) is 42.7 Å². The summed E-state index contributed by atoms with van der Waals surface area (Å²) in [6.45, 7) is 0.929. The number of aliphatic hydroxyl groups is 1. The maximum absolute atomic E-state index is 12.3. The van der Waals surface area contributed by atoms with E-state index in [0.717, 1.165) is 0 Å². The van der Waals surface area contributed by atoms with Crippen LogP contribution >= 0.6 is 0 Å². The van der Waals surface area contributed by atoms with Gasteiger partial charge in [-0.05, 0) is 31.4 Å². The lowest BCUT2D eigenvalue weighted by Crippen LogP contribution is -2.40. The van der Waals surface area contributed by atoms with Crippen LogP contribution in [0.15, 0.2) is 30.3 Å². The van der Waals surface area contributed by atoms with Gasteiger partial charge in [0.05, 0.1) is 19.2 Å². The molecule has 4 heteroatoms. The van der Waals surface area contributed by atoms with Gasteiger partial charge in [0, 0.05) is 6.54 Å². The van der Waals surface area contributed by atoms with Crippen LogP contribution in [0.1, 0.15) is 43.7 Å². The van der Waals surface area contributed by atoms with Crippen LogP contribution in [-0.2, 0) is 4.79 Å². The van der Waals surface area contributed by atoms with E-state index in [0.29, 0.717) is 19.0 Å². The van der Waals surface area contributed by atoms with E-state index in [-0.39, 0.29) is 18.6 Å². The average Bonchev–Trinajstić information content (AvgIpc) is 2.54. The van der Waals surface area contributed by atoms with Gasteiger partial charge in [-0.1, -0.05) is 49.6 Å². The minimum absolute atomic E-state index is 0.0374. The van der Waals surface area contributed by atoms with Gasteiger partial charge in [0.25, 0.3) is 0 Å². The van der Waals surface area contributed by atoms with Crippen molar-refractivity contribution >= 4 is 5.91 Å². The maximum Gasteiger partial charge on any atom is 0.234 e. The number of amides is 1. The van der Waals surface area contributed by atoms with Crippen LogP contribution in [0.3, 0.4) is 0 Å². The fourth-order valence-corrected chi connectivity index (χ4v) is 3.32. The summed E-state index contributed by atoms with van der Waals surface area (Å²) in [6, 6.07) is 10.4. The second-order valence-corrected chi connectivity index (χ2v) is 6.32. The summed E-state index contributed by atoms with van der Waals surface area (Å²) in [6.07, 6.45) is 6.20. The van der Waals surface area contributed by atoms with E-state index in [1.807, 2.05) is 30.1 Å². The lowest BCUT2D eigenvalue weighted by Gasteiger charge is -2.32. The van der Waals surface area contributed by atoms with Gasteiger partial charge in [0.1, 0.15) is 0 Å². The second-order valence-electron chi connectivity index (χ2n) is 6.32. The van der Waals surface area contributed by atoms with Gasteiger partial charge in [-0.25, -0.2) is 0 Å². The lowest BCUT2D eigenvalue weighted by molar-refractivity contribution is -0.123. The molecule has 122 valence electrons. The Balaban J connectivity index is 2.02. The molecular weight excluding hydrogens is 276 g/mol. The molecule has 0 heterocycles. The SMILES string of the molecule is CN(CCO)CC(=O)NC(c1ccccc1)C1CCCCC1. The zero-order chi connectivity index (χ0) is 15.8. The first kappa shape index (κ1) is 17.0. The van der Waals surface area contributed by atoms with Crippen molar-refractivity contribution in [1.82, 2.24) is 10.2 Å². The van der Waals surface area contributed by atoms with Gasteiger partial charge in [0.15, 0.2) is 0 Å². The normalized spacial score (nSPS) is 17.4. The highest BCUT2D eigenvalue weighted by Crippen LogP contribution is 2.34. The summed E-state index contributed by atoms with van der Waals surface area (Å²) in [4.78, 5) is 14.2. The summed E-state index contributed by atoms with van der Waals surface area (Å²) in [5.41, 5.74) is 1.20. The Kier molecular flexibility index (Phi) is 6.87. The van der Waals surface area contributed by atoms with Crippen LogP contribution in [0, 0.1) is 5.92 Å². The van der Waals surface area contributed by atoms with Crippen LogP contribution in [0.25, 0.3) is 0 Å². The molecule has 1 amide bonds. The first-order valence-electron chi connectivity index (χ1n) is 8.34. The van der Waals surface area contributed by atoms with E-state index in [4.69, 9.17) is 5.11 Å². The third kappa shape index (κ3) is 5.11. The number of hydrogen-bond donors (Lipinski definition) is 2. The third-order valence-electron chi connectivity index (χ3n) is 4.49. The van der Waals surface area contributed by atoms with E-state index in [2.05, 4.69) is 17.4 Å². The van der Waals surface area contributed by atoms with Crippen molar-refractivity contribution in [2.24, 2.45) is 5.92 Å². The smallest absolute Gasteiger partial charge is 0.234 e. The number of hydrogen-bond acceptors (Lipinski definition) is 3. The van der Waals surface area contributed by atoms with E-state index < -0.39 is 0 Å². The van der Waals surface area contributed by atoms with Crippen molar-refractivity contribution < 1.29 is 9.90 Å². The number of nitrogens with one attached hydrogen (secondary N) is 1. The summed E-state index contributed by atoms with van der Waals surface area (Å²) >= 11 is 0. The molecule has 1 unspecified atom stereocenters. The summed E-state index contributed by atoms with van der Waals surface area (Å²) in [5, 5.41) is 12.2. The van der Waals surface area contributed by atoms with Gasteiger partial charge in [-0.2, -0.15) is 0 Å². The third-order valence-corrected chi connectivity index (χ3v) is 4.49. The average molecular weight is 304 g/mol. The highest BCUT2D eigenvalue weighted by atomic mass is 16.3. The molecule has 4 nitrogen and oxygen atoms in total. The Morgan fingerprint density at radius 3 is 2.59 bits per heavy atom. The summed E-state index contributed by atoms with van der Waals surface area (Å²) in [7, 11) is 1.86. The Hall–Kier alpha value is -1.39. The summed E-state index contributed by atoms with van der Waals surface area (Å²) < 4.78 is 0. The highest BCUT2D eigenvalue weighted by Gasteiger charge is 2.26. The first-order chi connectivity index (χ1) is 10.7. The van der Waals surface area contributed by atoms with Crippen LogP contribution in [0.4, 0.5) is 0 Å². The number of rotatable bonds is 7. The molecule has 22 heavy (non-hydrogen) atoms. The maximum atomic E-state index is 12.3. The number of carbonyl (C=O) groups excluding carboxylic acids is 1. The molecule has 1 fully saturated rings. The highest BCUT2D eigenvalue weighted by molar-refractivity contribution is 5.78. The monoisotopic (exact) mass is 304 g/mol. The minimum atomic E-state index is 0.0374. The molecule has 0 aliphatic heterocycles. The first-order valence-corrected chi connectivity index (χ1v) is 8.34. The minimum Gasteiger partial charge on any atom is -0.395 e. The summed E-state index contributed by atoms with van der Waals surface area (Å²) in [5.74, 6) is 0.568. The molecule has 2 rings (SSSR count). The number of likely N-dealkylation sites (N-methyl/N-ethyl adjacent to an activating group) is 1. The Morgan fingerprint density at radius 1 is 1.27 bits per heavy atom. The van der Waals surface area contributed by atoms with Crippen molar-refractivity contribution in [2.75, 3.05) is 26.7 Å². The van der Waals surface area contributed by atoms with Crippen molar-refractivity contribution in [3.05, 3.63) is 35.9 Å². The Bertz CT molecular complexity index is 444. The topological polar surface area (TPSA) is 52.6 Å². The molecule has 1 aromatic carbocycles. The van der Waals surface area contributed by atoms with Crippen molar-refractivity contribution in [3.8, 4) is 0 Å². The van der Waals surface area contributed by atoms with Crippen LogP contribution in [0.2, 0.25) is 0 Å². The van der Waals surface area contributed by atoms with E-state index in [9.17, 15) is 4.79 Å². The van der Waals surface area contributed by atoms with Gasteiger partial charge in [0.2, 0.25) is 5.91 Å². The zero-order valence-electron chi connectivity index (χ0n) is 13.5. The van der Waals surface area contributed by atoms with Crippen molar-refractivity contribution in [3.63, 3.8) is 0 Å². The number of nitrogens with zero attached hydrogens (tertiary/aromatic N) is 1. The van der Waals surface area contributed by atoms with Crippen LogP contribution < -0.4 is 5.32 Å². The molecule has 0 saturated heterocycles. The lowest BCUT2D eigenvalue weighted by atomic mass is 9.81. The molecule has 0 bridgehead atoms. The van der Waals surface area contributed by atoms with Crippen molar-refractivity contribution in [2.45, 2.75) is 38.1 Å².